The van der Waals surface area contributed by atoms with Crippen LogP contribution in [0.3, 0.4) is 0 Å². The molecular weight excluding hydrogens is 1140 g/mol. The van der Waals surface area contributed by atoms with Crippen molar-refractivity contribution in [1.29, 1.82) is 0 Å². The van der Waals surface area contributed by atoms with Gasteiger partial charge >= 0.3 is 59.1 Å². The topological polar surface area (TPSA) is 419 Å². The van der Waals surface area contributed by atoms with Gasteiger partial charge in [0.1, 0.15) is 20.2 Å². The van der Waals surface area contributed by atoms with Crippen LogP contribution in [0.2, 0.25) is 0 Å². The minimum absolute atomic E-state index is 0. The van der Waals surface area contributed by atoms with E-state index in [9.17, 15) is 25.9 Å². The molecule has 82 heavy (non-hydrogen) atoms. The maximum Gasteiger partial charge on any atom is 1.00 e. The number of aliphatic hydroxyl groups excluding tert-OH is 4. The van der Waals surface area contributed by atoms with Gasteiger partial charge in [0.05, 0.1) is 116 Å². The Morgan fingerprint density at radius 2 is 0.622 bits per heavy atom. The van der Waals surface area contributed by atoms with Gasteiger partial charge in [0.2, 0.25) is 35.7 Å². The van der Waals surface area contributed by atoms with E-state index in [1.807, 2.05) is 0 Å². The van der Waals surface area contributed by atoms with Crippen LogP contribution in [0.4, 0.5) is 47.1 Å². The van der Waals surface area contributed by atoms with Crippen molar-refractivity contribution in [1.82, 2.24) is 29.9 Å². The first-order valence-electron chi connectivity index (χ1n) is 25.8. The van der Waals surface area contributed by atoms with E-state index in [2.05, 4.69) is 61.8 Å². The summed E-state index contributed by atoms with van der Waals surface area (Å²) in [7, 11) is -10.3. The van der Waals surface area contributed by atoms with Gasteiger partial charge in [-0.05, 0) is 61.1 Å². The summed E-state index contributed by atoms with van der Waals surface area (Å²) in [6, 6.07) is 7.62. The molecule has 448 valence electrons. The summed E-state index contributed by atoms with van der Waals surface area (Å²) in [4.78, 5) is 25.1. The zero-order valence-electron chi connectivity index (χ0n) is 46.4. The maximum atomic E-state index is 12.7. The minimum Gasteiger partial charge on any atom is -0.744 e. The standard InChI is InChI=1S/C48H76N12O18S2.2Na/c61-15-23-75-31-27-71-19-1-11-49-43-55-44(50-12-2-20-72-28-32-76-24-16-62)58-47(57-43)53-39-9-7-37(41(35-39)79(65,66)67)5-6-38-8-10-40(36-42(38)80(68,69)70)54-48-59-45(51-13-3-21-73-29-33-77-25-17-63)56-46(60-48)52-14-4-22-74-30-34-78-26-18-64;;/h5-10,35-36,61-64H,1-4,11-34H2,(H,65,66,67)(H,68,69,70)(H3,49,50,53,55,57,58)(H3,51,52,54,56,59,60);;/q;2*+1/p-2/b6-5+;;. The first kappa shape index (κ1) is 74.4. The van der Waals surface area contributed by atoms with Gasteiger partial charge in [0, 0.05) is 64.0 Å². The van der Waals surface area contributed by atoms with Crippen LogP contribution < -0.4 is 91.0 Å². The third kappa shape index (κ3) is 32.6. The van der Waals surface area contributed by atoms with E-state index < -0.39 is 30.0 Å². The summed E-state index contributed by atoms with van der Waals surface area (Å²) >= 11 is 0. The molecule has 10 N–H and O–H groups in total. The van der Waals surface area contributed by atoms with Gasteiger partial charge in [0.15, 0.2) is 0 Å². The van der Waals surface area contributed by atoms with Crippen LogP contribution >= 0.6 is 0 Å². The largest absolute Gasteiger partial charge is 1.00 e. The first-order chi connectivity index (χ1) is 38.8. The van der Waals surface area contributed by atoms with E-state index in [1.54, 1.807) is 0 Å². The van der Waals surface area contributed by atoms with Crippen molar-refractivity contribution in [2.45, 2.75) is 35.5 Å². The van der Waals surface area contributed by atoms with Crippen LogP contribution in [0.15, 0.2) is 46.2 Å². The van der Waals surface area contributed by atoms with Crippen LogP contribution in [0.25, 0.3) is 12.2 Å². The van der Waals surface area contributed by atoms with Crippen molar-refractivity contribution in [3.05, 3.63) is 47.5 Å². The van der Waals surface area contributed by atoms with Gasteiger partial charge in [-0.1, -0.05) is 24.3 Å². The molecule has 4 rings (SSSR count). The number of aliphatic hydroxyl groups is 4. The van der Waals surface area contributed by atoms with Crippen LogP contribution in [0.5, 0.6) is 0 Å². The van der Waals surface area contributed by atoms with Gasteiger partial charge < -0.3 is 99.3 Å². The van der Waals surface area contributed by atoms with E-state index in [1.165, 1.54) is 36.4 Å². The van der Waals surface area contributed by atoms with Crippen molar-refractivity contribution in [2.75, 3.05) is 190 Å². The number of hydrogen-bond donors (Lipinski definition) is 10. The third-order valence-corrected chi connectivity index (χ3v) is 12.0. The predicted molar refractivity (Wildman–Crippen MR) is 291 cm³/mol. The SMILES string of the molecule is O=S(=O)([O-])c1cc(Nc2nc(NCCCOCCOCCO)nc(NCCCOCCOCCO)n2)ccc1/C=C/c1ccc(Nc2nc(NCCCOCCOCCO)nc(NCCCOCCOCCO)n2)cc1S(=O)(=O)[O-].[Na+].[Na+]. The molecule has 34 heteroatoms. The van der Waals surface area contributed by atoms with Crippen molar-refractivity contribution in [2.24, 2.45) is 0 Å². The van der Waals surface area contributed by atoms with E-state index in [0.717, 1.165) is 12.1 Å². The molecule has 0 fully saturated rings. The second-order valence-electron chi connectivity index (χ2n) is 16.5. The Bertz CT molecular complexity index is 2370. The summed E-state index contributed by atoms with van der Waals surface area (Å²) in [5.41, 5.74) is -0.0696. The minimum atomic E-state index is -5.17. The zero-order chi connectivity index (χ0) is 57.5. The Labute approximate surface area is 522 Å². The quantitative estimate of drug-likeness (QED) is 0.00855. The second-order valence-corrected chi connectivity index (χ2v) is 19.2. The van der Waals surface area contributed by atoms with E-state index in [4.69, 9.17) is 58.3 Å². The molecule has 0 bridgehead atoms. The Hall–Kier alpha value is -3.66. The van der Waals surface area contributed by atoms with Gasteiger partial charge in [-0.15, -0.1) is 0 Å². The second kappa shape index (κ2) is 44.8. The molecule has 0 unspecified atom stereocenters. The molecule has 0 amide bonds. The summed E-state index contributed by atoms with van der Waals surface area (Å²) in [6.07, 6.45) is 4.62. The molecule has 0 spiro atoms. The van der Waals surface area contributed by atoms with E-state index in [0.29, 0.717) is 131 Å². The molecule has 4 aromatic rings. The van der Waals surface area contributed by atoms with Gasteiger partial charge in [0.25, 0.3) is 0 Å². The monoisotopic (exact) mass is 1220 g/mol. The molecule has 30 nitrogen and oxygen atoms in total. The number of benzene rings is 2. The molecule has 0 saturated heterocycles. The molecule has 0 aliphatic rings. The Morgan fingerprint density at radius 3 is 0.866 bits per heavy atom. The zero-order valence-corrected chi connectivity index (χ0v) is 52.1. The maximum absolute atomic E-state index is 12.7. The van der Waals surface area contributed by atoms with Crippen LogP contribution in [-0.4, -0.2) is 235 Å². The number of nitrogens with zero attached hydrogens (tertiary/aromatic N) is 6. The Morgan fingerprint density at radius 1 is 0.378 bits per heavy atom. The average Bonchev–Trinajstić information content (AvgIpc) is 3.53. The number of anilines is 8. The van der Waals surface area contributed by atoms with E-state index >= 15 is 0 Å². The van der Waals surface area contributed by atoms with Crippen molar-refractivity contribution < 1.29 is 143 Å². The molecular formula is C48H74N12Na2O18S2. The molecule has 2 heterocycles. The Balaban J connectivity index is 0.0000115. The van der Waals surface area contributed by atoms with Crippen LogP contribution in [0, 0.1) is 0 Å². The fourth-order valence-electron chi connectivity index (χ4n) is 6.59. The fourth-order valence-corrected chi connectivity index (χ4v) is 7.99. The number of hydrogen-bond acceptors (Lipinski definition) is 30. The molecule has 0 aliphatic carbocycles. The number of ether oxygens (including phenoxy) is 8. The molecule has 0 radical (unpaired) electrons. The van der Waals surface area contributed by atoms with Gasteiger partial charge in [-0.2, -0.15) is 29.9 Å². The molecule has 2 aromatic carbocycles. The first-order valence-corrected chi connectivity index (χ1v) is 28.6. The van der Waals surface area contributed by atoms with Crippen molar-refractivity contribution >= 4 is 79.5 Å². The van der Waals surface area contributed by atoms with Crippen molar-refractivity contribution in [3.63, 3.8) is 0 Å². The average molecular weight is 1220 g/mol. The molecule has 0 aliphatic heterocycles. The van der Waals surface area contributed by atoms with Crippen molar-refractivity contribution in [3.8, 4) is 0 Å². The van der Waals surface area contributed by atoms with E-state index in [-0.39, 0.29) is 170 Å². The Kier molecular flexibility index (Phi) is 40.6. The van der Waals surface area contributed by atoms with Gasteiger partial charge in [-0.25, -0.2) is 16.8 Å². The third-order valence-electron chi connectivity index (χ3n) is 10.2. The summed E-state index contributed by atoms with van der Waals surface area (Å²) < 4.78 is 119. The molecule has 2 aromatic heterocycles. The molecule has 0 atom stereocenters. The number of nitrogens with one attached hydrogen (secondary N) is 6. The predicted octanol–water partition coefficient (Wildman–Crippen LogP) is -5.16. The smallest absolute Gasteiger partial charge is 0.744 e. The number of rotatable bonds is 48. The summed E-state index contributed by atoms with van der Waals surface area (Å²) in [6.45, 7) is 6.38. The van der Waals surface area contributed by atoms with Crippen LogP contribution in [0.1, 0.15) is 36.8 Å². The number of aromatic nitrogens is 6. The normalized spacial score (nSPS) is 11.5. The summed E-state index contributed by atoms with van der Waals surface area (Å²) in [5, 5.41) is 53.6. The summed E-state index contributed by atoms with van der Waals surface area (Å²) in [5.74, 6) is 0.589. The van der Waals surface area contributed by atoms with Gasteiger partial charge in [-0.3, -0.25) is 0 Å². The fraction of sp³-hybridized carbons (Fsp3) is 0.583. The van der Waals surface area contributed by atoms with Crippen LogP contribution in [-0.2, 0) is 58.1 Å². The molecule has 0 saturated carbocycles.